The van der Waals surface area contributed by atoms with Crippen molar-refractivity contribution < 1.29 is 19.4 Å². The maximum Gasteiger partial charge on any atom is 0.317 e. The molecule has 1 aromatic carbocycles. The van der Waals surface area contributed by atoms with Gasteiger partial charge in [-0.3, -0.25) is 9.69 Å². The number of hydrogen-bond acceptors (Lipinski definition) is 4. The molecule has 0 aliphatic carbocycles. The minimum absolute atomic E-state index is 0.0225. The van der Waals surface area contributed by atoms with Crippen LogP contribution in [0.25, 0.3) is 0 Å². The first-order chi connectivity index (χ1) is 9.88. The van der Waals surface area contributed by atoms with Crippen LogP contribution in [-0.2, 0) is 11.3 Å². The van der Waals surface area contributed by atoms with Crippen LogP contribution >= 0.6 is 11.6 Å². The third-order valence-electron chi connectivity index (χ3n) is 3.03. The highest BCUT2D eigenvalue weighted by molar-refractivity contribution is 6.32. The lowest BCUT2D eigenvalue weighted by atomic mass is 10.1. The molecule has 0 spiro atoms. The van der Waals surface area contributed by atoms with Crippen LogP contribution in [0.3, 0.4) is 0 Å². The summed E-state index contributed by atoms with van der Waals surface area (Å²) in [6.45, 7) is 6.75. The number of rotatable bonds is 8. The lowest BCUT2D eigenvalue weighted by molar-refractivity contribution is -0.138. The van der Waals surface area contributed by atoms with Crippen LogP contribution in [0.5, 0.6) is 11.5 Å². The Morgan fingerprint density at radius 1 is 1.43 bits per heavy atom. The Morgan fingerprint density at radius 2 is 2.10 bits per heavy atom. The SMILES string of the molecule is CCOc1cc(CN(CC(=O)O)C(C)C)cc(Cl)c1OC. The van der Waals surface area contributed by atoms with Crippen molar-refractivity contribution in [3.63, 3.8) is 0 Å². The molecule has 0 radical (unpaired) electrons. The van der Waals surface area contributed by atoms with Gasteiger partial charge in [0.25, 0.3) is 0 Å². The van der Waals surface area contributed by atoms with Crippen LogP contribution in [0.2, 0.25) is 5.02 Å². The lowest BCUT2D eigenvalue weighted by Gasteiger charge is -2.25. The van der Waals surface area contributed by atoms with Crippen molar-refractivity contribution >= 4 is 17.6 Å². The Labute approximate surface area is 130 Å². The first-order valence-corrected chi connectivity index (χ1v) is 7.21. The zero-order valence-electron chi connectivity index (χ0n) is 12.9. The third kappa shape index (κ3) is 5.10. The van der Waals surface area contributed by atoms with Crippen molar-refractivity contribution in [2.45, 2.75) is 33.4 Å². The molecule has 0 aliphatic heterocycles. The van der Waals surface area contributed by atoms with Gasteiger partial charge in [0.2, 0.25) is 0 Å². The highest BCUT2D eigenvalue weighted by atomic mass is 35.5. The predicted octanol–water partition coefficient (Wildman–Crippen LogP) is 3.04. The molecule has 0 heterocycles. The minimum atomic E-state index is -0.853. The fourth-order valence-corrected chi connectivity index (χ4v) is 2.31. The smallest absolute Gasteiger partial charge is 0.317 e. The summed E-state index contributed by atoms with van der Waals surface area (Å²) in [4.78, 5) is 12.8. The van der Waals surface area contributed by atoms with E-state index in [1.807, 2.05) is 31.7 Å². The molecule has 0 fully saturated rings. The Hall–Kier alpha value is -1.46. The van der Waals surface area contributed by atoms with E-state index in [1.165, 1.54) is 7.11 Å². The third-order valence-corrected chi connectivity index (χ3v) is 3.31. The van der Waals surface area contributed by atoms with E-state index in [2.05, 4.69) is 0 Å². The van der Waals surface area contributed by atoms with E-state index in [4.69, 9.17) is 26.2 Å². The Kier molecular flexibility index (Phi) is 6.78. The topological polar surface area (TPSA) is 59.0 Å². The Morgan fingerprint density at radius 3 is 2.57 bits per heavy atom. The van der Waals surface area contributed by atoms with Crippen LogP contribution in [0, 0.1) is 0 Å². The molecular weight excluding hydrogens is 294 g/mol. The van der Waals surface area contributed by atoms with Crippen LogP contribution in [0.15, 0.2) is 12.1 Å². The van der Waals surface area contributed by atoms with Gasteiger partial charge in [-0.05, 0) is 38.5 Å². The van der Waals surface area contributed by atoms with E-state index in [1.54, 1.807) is 6.07 Å². The normalized spacial score (nSPS) is 11.0. The molecule has 1 N–H and O–H groups in total. The van der Waals surface area contributed by atoms with Gasteiger partial charge < -0.3 is 14.6 Å². The average Bonchev–Trinajstić information content (AvgIpc) is 2.37. The number of carbonyl (C=O) groups is 1. The molecule has 0 saturated carbocycles. The van der Waals surface area contributed by atoms with Crippen molar-refractivity contribution in [1.29, 1.82) is 0 Å². The van der Waals surface area contributed by atoms with E-state index in [-0.39, 0.29) is 12.6 Å². The number of benzene rings is 1. The van der Waals surface area contributed by atoms with E-state index in [0.29, 0.717) is 29.7 Å². The van der Waals surface area contributed by atoms with E-state index in [9.17, 15) is 4.79 Å². The second-order valence-corrected chi connectivity index (χ2v) is 5.34. The predicted molar refractivity (Wildman–Crippen MR) is 82.4 cm³/mol. The fraction of sp³-hybridized carbons (Fsp3) is 0.533. The highest BCUT2D eigenvalue weighted by Crippen LogP contribution is 2.36. The maximum atomic E-state index is 10.9. The molecule has 6 heteroatoms. The Balaban J connectivity index is 3.03. The quantitative estimate of drug-likeness (QED) is 0.799. The van der Waals surface area contributed by atoms with Gasteiger partial charge in [0.05, 0.1) is 25.3 Å². The van der Waals surface area contributed by atoms with Crippen LogP contribution in [-0.4, -0.2) is 42.3 Å². The average molecular weight is 316 g/mol. The van der Waals surface area contributed by atoms with Gasteiger partial charge in [-0.1, -0.05) is 11.6 Å². The van der Waals surface area contributed by atoms with E-state index < -0.39 is 5.97 Å². The fourth-order valence-electron chi connectivity index (χ4n) is 2.00. The highest BCUT2D eigenvalue weighted by Gasteiger charge is 2.17. The minimum Gasteiger partial charge on any atom is -0.491 e. The summed E-state index contributed by atoms with van der Waals surface area (Å²) >= 11 is 6.20. The number of halogens is 1. The largest absolute Gasteiger partial charge is 0.491 e. The molecule has 0 saturated heterocycles. The molecule has 1 aromatic rings. The van der Waals surface area contributed by atoms with Crippen molar-refractivity contribution in [3.8, 4) is 11.5 Å². The maximum absolute atomic E-state index is 10.9. The number of ether oxygens (including phenoxy) is 2. The standard InChI is InChI=1S/C15H22ClNO4/c1-5-21-13-7-11(6-12(16)15(13)20-4)8-17(10(2)3)9-14(18)19/h6-7,10H,5,8-9H2,1-4H3,(H,18,19). The van der Waals surface area contributed by atoms with Crippen molar-refractivity contribution in [1.82, 2.24) is 4.90 Å². The first kappa shape index (κ1) is 17.6. The van der Waals surface area contributed by atoms with Crippen LogP contribution in [0.1, 0.15) is 26.3 Å². The Bertz CT molecular complexity index is 491. The molecule has 5 nitrogen and oxygen atoms in total. The summed E-state index contributed by atoms with van der Waals surface area (Å²) in [5.41, 5.74) is 0.888. The lowest BCUT2D eigenvalue weighted by Crippen LogP contribution is -2.35. The van der Waals surface area contributed by atoms with Crippen LogP contribution in [0.4, 0.5) is 0 Å². The van der Waals surface area contributed by atoms with Gasteiger partial charge >= 0.3 is 5.97 Å². The summed E-state index contributed by atoms with van der Waals surface area (Å²) in [6, 6.07) is 3.73. The summed E-state index contributed by atoms with van der Waals surface area (Å²) in [5.74, 6) is 0.214. The second kappa shape index (κ2) is 8.10. The second-order valence-electron chi connectivity index (χ2n) is 4.93. The van der Waals surface area contributed by atoms with Crippen molar-refractivity contribution in [3.05, 3.63) is 22.7 Å². The molecule has 0 atom stereocenters. The summed E-state index contributed by atoms with van der Waals surface area (Å²) in [6.07, 6.45) is 0. The van der Waals surface area contributed by atoms with E-state index in [0.717, 1.165) is 5.56 Å². The van der Waals surface area contributed by atoms with Crippen LogP contribution < -0.4 is 9.47 Å². The summed E-state index contributed by atoms with van der Waals surface area (Å²) < 4.78 is 10.8. The summed E-state index contributed by atoms with van der Waals surface area (Å²) in [7, 11) is 1.54. The monoisotopic (exact) mass is 315 g/mol. The molecule has 118 valence electrons. The molecule has 0 unspecified atom stereocenters. The molecule has 0 aliphatic rings. The number of nitrogens with zero attached hydrogens (tertiary/aromatic N) is 1. The van der Waals surface area contributed by atoms with Gasteiger partial charge in [-0.15, -0.1) is 0 Å². The molecule has 0 aromatic heterocycles. The molecule has 21 heavy (non-hydrogen) atoms. The van der Waals surface area contributed by atoms with Gasteiger partial charge in [0.1, 0.15) is 0 Å². The van der Waals surface area contributed by atoms with Gasteiger partial charge in [-0.25, -0.2) is 0 Å². The number of aliphatic carboxylic acids is 1. The van der Waals surface area contributed by atoms with Crippen molar-refractivity contribution in [2.75, 3.05) is 20.3 Å². The number of carboxylic acid groups (broad SMARTS) is 1. The van der Waals surface area contributed by atoms with Gasteiger partial charge in [0.15, 0.2) is 11.5 Å². The number of carboxylic acids is 1. The van der Waals surface area contributed by atoms with Gasteiger partial charge in [-0.2, -0.15) is 0 Å². The van der Waals surface area contributed by atoms with E-state index >= 15 is 0 Å². The molecular formula is C15H22ClNO4. The molecule has 0 bridgehead atoms. The molecule has 0 amide bonds. The molecule has 1 rings (SSSR count). The number of methoxy groups -OCH3 is 1. The zero-order chi connectivity index (χ0) is 16.0. The zero-order valence-corrected chi connectivity index (χ0v) is 13.6. The number of hydrogen-bond donors (Lipinski definition) is 1. The summed E-state index contributed by atoms with van der Waals surface area (Å²) in [5, 5.41) is 9.43. The van der Waals surface area contributed by atoms with Gasteiger partial charge in [0, 0.05) is 12.6 Å². The first-order valence-electron chi connectivity index (χ1n) is 6.84. The van der Waals surface area contributed by atoms with Crippen molar-refractivity contribution in [2.24, 2.45) is 0 Å².